The van der Waals surface area contributed by atoms with Crippen molar-refractivity contribution in [3.05, 3.63) is 64.7 Å². The van der Waals surface area contributed by atoms with Crippen LogP contribution in [0.4, 0.5) is 0 Å². The summed E-state index contributed by atoms with van der Waals surface area (Å²) in [5.74, 6) is 0.377. The molecule has 1 heterocycles. The normalized spacial score (nSPS) is 16.9. The first-order chi connectivity index (χ1) is 9.15. The summed E-state index contributed by atoms with van der Waals surface area (Å²) in [6, 6.07) is 13.1. The van der Waals surface area contributed by atoms with Crippen molar-refractivity contribution in [3.63, 3.8) is 0 Å². The van der Waals surface area contributed by atoms with Crippen molar-refractivity contribution < 1.29 is 14.3 Å². The molecule has 19 heavy (non-hydrogen) atoms. The van der Waals surface area contributed by atoms with Crippen molar-refractivity contribution in [2.75, 3.05) is 0 Å². The third-order valence-corrected chi connectivity index (χ3v) is 3.37. The van der Waals surface area contributed by atoms with Gasteiger partial charge in [0, 0.05) is 5.56 Å². The molecule has 3 heteroatoms. The number of aryl methyl sites for hydroxylation is 2. The molecule has 2 aromatic rings. The Kier molecular flexibility index (Phi) is 2.75. The minimum absolute atomic E-state index is 0.329. The number of rotatable bonds is 2. The molecule has 0 saturated carbocycles. The Bertz CT molecular complexity index is 646. The largest absolute Gasteiger partial charge is 0.450 e. The van der Waals surface area contributed by atoms with Crippen LogP contribution in [0.2, 0.25) is 0 Å². The zero-order valence-corrected chi connectivity index (χ0v) is 10.8. The van der Waals surface area contributed by atoms with E-state index in [2.05, 4.69) is 0 Å². The van der Waals surface area contributed by atoms with Crippen molar-refractivity contribution in [1.29, 1.82) is 0 Å². The smallest absolute Gasteiger partial charge is 0.342 e. The Hall–Kier alpha value is -2.29. The van der Waals surface area contributed by atoms with Gasteiger partial charge in [-0.25, -0.2) is 4.79 Å². The highest BCUT2D eigenvalue weighted by molar-refractivity contribution is 5.93. The molecule has 2 aromatic carbocycles. The molecule has 3 rings (SSSR count). The van der Waals surface area contributed by atoms with Crippen LogP contribution < -0.4 is 4.74 Å². The molecule has 1 unspecified atom stereocenters. The lowest BCUT2D eigenvalue weighted by Gasteiger charge is -2.14. The van der Waals surface area contributed by atoms with Gasteiger partial charge in [-0.05, 0) is 43.2 Å². The van der Waals surface area contributed by atoms with Crippen LogP contribution >= 0.6 is 0 Å². The van der Waals surface area contributed by atoms with Crippen LogP contribution in [0.25, 0.3) is 0 Å². The van der Waals surface area contributed by atoms with Crippen molar-refractivity contribution in [2.24, 2.45) is 0 Å². The van der Waals surface area contributed by atoms with Crippen molar-refractivity contribution in [1.82, 2.24) is 0 Å². The van der Waals surface area contributed by atoms with Crippen molar-refractivity contribution in [3.8, 4) is 5.75 Å². The number of hydrogen-bond donors (Lipinski definition) is 0. The monoisotopic (exact) mass is 254 g/mol. The van der Waals surface area contributed by atoms with E-state index in [1.54, 1.807) is 6.07 Å². The molecule has 1 atom stereocenters. The third kappa shape index (κ3) is 2.08. The average molecular weight is 254 g/mol. The summed E-state index contributed by atoms with van der Waals surface area (Å²) in [6.45, 7) is 4.07. The molecule has 0 aromatic heterocycles. The maximum absolute atomic E-state index is 11.7. The summed E-state index contributed by atoms with van der Waals surface area (Å²) < 4.78 is 11.0. The summed E-state index contributed by atoms with van der Waals surface area (Å²) in [5, 5.41) is 0. The Labute approximate surface area is 111 Å². The zero-order chi connectivity index (χ0) is 13.4. The minimum Gasteiger partial charge on any atom is -0.450 e. The number of carbonyl (C=O) groups excluding carboxylic acids is 1. The van der Waals surface area contributed by atoms with Crippen LogP contribution in [-0.4, -0.2) is 5.97 Å². The van der Waals surface area contributed by atoms with Gasteiger partial charge < -0.3 is 9.47 Å². The van der Waals surface area contributed by atoms with Crippen LogP contribution in [0.1, 0.15) is 33.3 Å². The maximum Gasteiger partial charge on any atom is 0.342 e. The Morgan fingerprint density at radius 1 is 1.05 bits per heavy atom. The number of cyclic esters (lactones) is 1. The second-order valence-electron chi connectivity index (χ2n) is 4.69. The molecule has 0 saturated heterocycles. The number of fused-ring (bicyclic) bond motifs is 1. The lowest BCUT2D eigenvalue weighted by atomic mass is 10.1. The zero-order valence-electron chi connectivity index (χ0n) is 10.8. The highest BCUT2D eigenvalue weighted by Crippen LogP contribution is 2.32. The molecule has 0 bridgehead atoms. The van der Waals surface area contributed by atoms with Gasteiger partial charge >= 0.3 is 5.97 Å². The molecule has 0 aliphatic carbocycles. The topological polar surface area (TPSA) is 35.5 Å². The Morgan fingerprint density at radius 2 is 1.84 bits per heavy atom. The average Bonchev–Trinajstić information content (AvgIpc) is 2.72. The number of carbonyl (C=O) groups is 1. The van der Waals surface area contributed by atoms with E-state index in [1.807, 2.05) is 50.2 Å². The predicted octanol–water partition coefficient (Wildman–Crippen LogP) is 3.55. The van der Waals surface area contributed by atoms with Gasteiger partial charge in [0.1, 0.15) is 5.75 Å². The van der Waals surface area contributed by atoms with Crippen LogP contribution in [0.3, 0.4) is 0 Å². The highest BCUT2D eigenvalue weighted by atomic mass is 16.7. The summed E-state index contributed by atoms with van der Waals surface area (Å²) in [6.07, 6.45) is -0.647. The quantitative estimate of drug-likeness (QED) is 0.769. The maximum atomic E-state index is 11.7. The summed E-state index contributed by atoms with van der Waals surface area (Å²) >= 11 is 0. The van der Waals surface area contributed by atoms with E-state index in [9.17, 15) is 4.79 Å². The van der Waals surface area contributed by atoms with Crippen LogP contribution in [0, 0.1) is 13.8 Å². The van der Waals surface area contributed by atoms with Crippen molar-refractivity contribution >= 4 is 5.97 Å². The molecule has 1 aliphatic rings. The van der Waals surface area contributed by atoms with E-state index in [-0.39, 0.29) is 5.97 Å². The fourth-order valence-corrected chi connectivity index (χ4v) is 2.11. The lowest BCUT2D eigenvalue weighted by Crippen LogP contribution is -2.07. The summed E-state index contributed by atoms with van der Waals surface area (Å²) in [7, 11) is 0. The first-order valence-corrected chi connectivity index (χ1v) is 6.19. The molecule has 96 valence electrons. The van der Waals surface area contributed by atoms with E-state index >= 15 is 0 Å². The summed E-state index contributed by atoms with van der Waals surface area (Å²) in [5.41, 5.74) is 3.72. The van der Waals surface area contributed by atoms with Gasteiger partial charge in [0.15, 0.2) is 0 Å². The first kappa shape index (κ1) is 11.8. The Balaban J connectivity index is 1.89. The van der Waals surface area contributed by atoms with E-state index in [1.165, 1.54) is 5.56 Å². The molecule has 1 aliphatic heterocycles. The van der Waals surface area contributed by atoms with Gasteiger partial charge in [-0.3, -0.25) is 0 Å². The van der Waals surface area contributed by atoms with Crippen LogP contribution in [0.5, 0.6) is 5.75 Å². The van der Waals surface area contributed by atoms with Gasteiger partial charge in [-0.15, -0.1) is 0 Å². The van der Waals surface area contributed by atoms with Gasteiger partial charge in [0.25, 0.3) is 6.29 Å². The fraction of sp³-hybridized carbons (Fsp3) is 0.188. The SMILES string of the molecule is Cc1ccc(OC2OC(=O)c3ccccc32)cc1C. The predicted molar refractivity (Wildman–Crippen MR) is 71.1 cm³/mol. The molecule has 0 spiro atoms. The van der Waals surface area contributed by atoms with Crippen molar-refractivity contribution in [2.45, 2.75) is 20.1 Å². The molecule has 0 N–H and O–H groups in total. The lowest BCUT2D eigenvalue weighted by molar-refractivity contribution is -0.0382. The molecular formula is C16H14O3. The number of ether oxygens (including phenoxy) is 2. The molecule has 0 fully saturated rings. The minimum atomic E-state index is -0.647. The second kappa shape index (κ2) is 4.43. The molecular weight excluding hydrogens is 240 g/mol. The fourth-order valence-electron chi connectivity index (χ4n) is 2.11. The number of hydrogen-bond acceptors (Lipinski definition) is 3. The van der Waals surface area contributed by atoms with Crippen LogP contribution in [-0.2, 0) is 4.74 Å². The van der Waals surface area contributed by atoms with E-state index in [0.717, 1.165) is 11.1 Å². The molecule has 3 nitrogen and oxygen atoms in total. The summed E-state index contributed by atoms with van der Waals surface area (Å²) in [4.78, 5) is 11.7. The Morgan fingerprint density at radius 3 is 2.63 bits per heavy atom. The number of benzene rings is 2. The highest BCUT2D eigenvalue weighted by Gasteiger charge is 2.32. The van der Waals surface area contributed by atoms with Gasteiger partial charge in [0.05, 0.1) is 5.56 Å². The second-order valence-corrected chi connectivity index (χ2v) is 4.69. The van der Waals surface area contributed by atoms with Gasteiger partial charge in [-0.2, -0.15) is 0 Å². The third-order valence-electron chi connectivity index (χ3n) is 3.37. The van der Waals surface area contributed by atoms with Crippen LogP contribution in [0.15, 0.2) is 42.5 Å². The first-order valence-electron chi connectivity index (χ1n) is 6.19. The van der Waals surface area contributed by atoms with Gasteiger partial charge in [0.2, 0.25) is 0 Å². The molecule has 0 radical (unpaired) electrons. The van der Waals surface area contributed by atoms with Gasteiger partial charge in [-0.1, -0.05) is 24.3 Å². The standard InChI is InChI=1S/C16H14O3/c1-10-7-8-12(9-11(10)2)18-16-14-6-4-3-5-13(14)15(17)19-16/h3-9,16H,1-2H3. The number of esters is 1. The van der Waals surface area contributed by atoms with E-state index in [0.29, 0.717) is 11.3 Å². The van der Waals surface area contributed by atoms with E-state index < -0.39 is 6.29 Å². The van der Waals surface area contributed by atoms with E-state index in [4.69, 9.17) is 9.47 Å². The molecule has 0 amide bonds.